The monoisotopic (exact) mass is 545 g/mol. The van der Waals surface area contributed by atoms with Crippen LogP contribution < -0.4 is 16.0 Å². The summed E-state index contributed by atoms with van der Waals surface area (Å²) in [4.78, 5) is 27.7. The number of carbonyl (C=O) groups is 2. The fourth-order valence-electron chi connectivity index (χ4n) is 4.58. The van der Waals surface area contributed by atoms with Crippen molar-refractivity contribution in [2.45, 2.75) is 32.4 Å². The summed E-state index contributed by atoms with van der Waals surface area (Å²) in [6, 6.07) is 19.2. The van der Waals surface area contributed by atoms with Crippen LogP contribution in [0.4, 0.5) is 24.7 Å². The molecule has 3 N–H and O–H groups in total. The molecule has 0 saturated carbocycles. The molecule has 1 aromatic heterocycles. The lowest BCUT2D eigenvalue weighted by atomic mass is 10.0. The van der Waals surface area contributed by atoms with E-state index in [0.29, 0.717) is 23.3 Å². The maximum atomic E-state index is 14.1. The SMILES string of the molecule is Cc1cc2n(n1)CC(C(=O)Nc1ccc(-c3ccccc3)cc1)=CN2C(=O)C[C@H](N)Cc1cc(F)c(F)cc1F. The number of anilines is 2. The minimum absolute atomic E-state index is 0.132. The molecule has 1 aliphatic rings. The first-order valence-corrected chi connectivity index (χ1v) is 12.6. The molecule has 1 atom stereocenters. The van der Waals surface area contributed by atoms with Gasteiger partial charge in [-0.3, -0.25) is 14.5 Å². The van der Waals surface area contributed by atoms with Gasteiger partial charge in [-0.2, -0.15) is 5.10 Å². The molecule has 0 saturated heterocycles. The van der Waals surface area contributed by atoms with Crippen molar-refractivity contribution in [2.24, 2.45) is 5.73 Å². The highest BCUT2D eigenvalue weighted by Gasteiger charge is 2.28. The molecule has 5 rings (SSSR count). The Labute approximate surface area is 228 Å². The van der Waals surface area contributed by atoms with Gasteiger partial charge in [-0.05, 0) is 48.2 Å². The number of aromatic nitrogens is 2. The molecule has 204 valence electrons. The van der Waals surface area contributed by atoms with Gasteiger partial charge in [-0.1, -0.05) is 42.5 Å². The molecule has 3 aromatic carbocycles. The van der Waals surface area contributed by atoms with Gasteiger partial charge >= 0.3 is 0 Å². The number of nitrogens with one attached hydrogen (secondary N) is 1. The number of nitrogens with two attached hydrogens (primary N) is 1. The van der Waals surface area contributed by atoms with Gasteiger partial charge in [-0.15, -0.1) is 0 Å². The molecule has 0 aliphatic carbocycles. The van der Waals surface area contributed by atoms with Crippen molar-refractivity contribution < 1.29 is 22.8 Å². The average Bonchev–Trinajstić information content (AvgIpc) is 3.32. The van der Waals surface area contributed by atoms with Crippen molar-refractivity contribution in [3.8, 4) is 11.1 Å². The summed E-state index contributed by atoms with van der Waals surface area (Å²) in [7, 11) is 0. The maximum absolute atomic E-state index is 14.1. The highest BCUT2D eigenvalue weighted by molar-refractivity contribution is 6.06. The van der Waals surface area contributed by atoms with Crippen molar-refractivity contribution in [1.82, 2.24) is 9.78 Å². The van der Waals surface area contributed by atoms with E-state index in [-0.39, 0.29) is 30.5 Å². The summed E-state index contributed by atoms with van der Waals surface area (Å²) in [6.07, 6.45) is 1.02. The van der Waals surface area contributed by atoms with Crippen molar-refractivity contribution in [3.05, 3.63) is 113 Å². The van der Waals surface area contributed by atoms with Crippen molar-refractivity contribution in [2.75, 3.05) is 10.2 Å². The quantitative estimate of drug-likeness (QED) is 0.316. The normalized spacial score (nSPS) is 13.4. The van der Waals surface area contributed by atoms with E-state index in [9.17, 15) is 22.8 Å². The van der Waals surface area contributed by atoms with Gasteiger partial charge < -0.3 is 11.1 Å². The van der Waals surface area contributed by atoms with Gasteiger partial charge in [0.25, 0.3) is 5.91 Å². The summed E-state index contributed by atoms with van der Waals surface area (Å²) in [5, 5.41) is 7.25. The molecule has 10 heteroatoms. The van der Waals surface area contributed by atoms with E-state index in [4.69, 9.17) is 5.73 Å². The third-order valence-corrected chi connectivity index (χ3v) is 6.55. The minimum Gasteiger partial charge on any atom is -0.327 e. The first-order valence-electron chi connectivity index (χ1n) is 12.6. The van der Waals surface area contributed by atoms with Crippen LogP contribution in [0.25, 0.3) is 11.1 Å². The van der Waals surface area contributed by atoms with Gasteiger partial charge in [-0.25, -0.2) is 17.9 Å². The zero-order chi connectivity index (χ0) is 28.4. The van der Waals surface area contributed by atoms with E-state index in [2.05, 4.69) is 10.4 Å². The molecule has 4 aromatic rings. The Morgan fingerprint density at radius 2 is 1.62 bits per heavy atom. The first kappa shape index (κ1) is 26.9. The average molecular weight is 546 g/mol. The van der Waals surface area contributed by atoms with E-state index in [1.165, 1.54) is 11.1 Å². The maximum Gasteiger partial charge on any atom is 0.254 e. The molecule has 0 radical (unpaired) electrons. The van der Waals surface area contributed by atoms with Crippen molar-refractivity contribution in [1.29, 1.82) is 0 Å². The highest BCUT2D eigenvalue weighted by Crippen LogP contribution is 2.27. The number of rotatable bonds is 7. The number of carbonyl (C=O) groups excluding carboxylic acids is 2. The number of aryl methyl sites for hydroxylation is 1. The Morgan fingerprint density at radius 1 is 0.950 bits per heavy atom. The van der Waals surface area contributed by atoms with Crippen molar-refractivity contribution >= 4 is 23.3 Å². The molecule has 0 fully saturated rings. The van der Waals surface area contributed by atoms with Crippen LogP contribution in [0.3, 0.4) is 0 Å². The summed E-state index contributed by atoms with van der Waals surface area (Å²) >= 11 is 0. The van der Waals surface area contributed by atoms with E-state index in [0.717, 1.165) is 17.2 Å². The van der Waals surface area contributed by atoms with E-state index < -0.39 is 35.3 Å². The van der Waals surface area contributed by atoms with Crippen LogP contribution >= 0.6 is 0 Å². The highest BCUT2D eigenvalue weighted by atomic mass is 19.2. The molecule has 1 aliphatic heterocycles. The fraction of sp³-hybridized carbons (Fsp3) is 0.167. The molecule has 0 bridgehead atoms. The van der Waals surface area contributed by atoms with Crippen LogP contribution in [0.15, 0.2) is 84.6 Å². The van der Waals surface area contributed by atoms with Crippen LogP contribution in [0.2, 0.25) is 0 Å². The molecule has 0 unspecified atom stereocenters. The van der Waals surface area contributed by atoms with Gasteiger partial charge in [0.05, 0.1) is 17.8 Å². The third kappa shape index (κ3) is 5.81. The number of benzene rings is 3. The second-order valence-electron chi connectivity index (χ2n) is 9.64. The Kier molecular flexibility index (Phi) is 7.52. The van der Waals surface area contributed by atoms with Crippen LogP contribution in [-0.4, -0.2) is 27.6 Å². The smallest absolute Gasteiger partial charge is 0.254 e. The lowest BCUT2D eigenvalue weighted by Crippen LogP contribution is -2.38. The summed E-state index contributed by atoms with van der Waals surface area (Å²) in [5.41, 5.74) is 9.54. The number of hydrogen-bond acceptors (Lipinski definition) is 4. The molecule has 7 nitrogen and oxygen atoms in total. The molecular formula is C30H26F3N5O2. The summed E-state index contributed by atoms with van der Waals surface area (Å²) in [5.74, 6) is -3.85. The van der Waals surface area contributed by atoms with Gasteiger partial charge in [0.15, 0.2) is 11.6 Å². The standard InChI is InChI=1S/C30H26F3N5O2/c1-18-11-28-37(29(39)14-23(34)12-21-13-26(32)27(33)15-25(21)31)16-22(17-38(28)36-18)30(40)35-24-9-7-20(8-10-24)19-5-3-2-4-6-19/h2-11,13,15-16,23H,12,14,17,34H2,1H3,(H,35,40)/t23-/m1/s1. The van der Waals surface area contributed by atoms with Gasteiger partial charge in [0.2, 0.25) is 5.91 Å². The Bertz CT molecular complexity index is 1600. The number of hydrogen-bond donors (Lipinski definition) is 2. The Hall–Kier alpha value is -4.70. The number of fused-ring (bicyclic) bond motifs is 1. The van der Waals surface area contributed by atoms with Crippen LogP contribution in [0, 0.1) is 24.4 Å². The number of halogens is 3. The first-order chi connectivity index (χ1) is 19.2. The van der Waals surface area contributed by atoms with E-state index in [1.807, 2.05) is 42.5 Å². The predicted octanol–water partition coefficient (Wildman–Crippen LogP) is 5.11. The van der Waals surface area contributed by atoms with Gasteiger partial charge in [0, 0.05) is 36.5 Å². The predicted molar refractivity (Wildman–Crippen MR) is 146 cm³/mol. The summed E-state index contributed by atoms with van der Waals surface area (Å²) in [6.45, 7) is 1.91. The van der Waals surface area contributed by atoms with E-state index >= 15 is 0 Å². The largest absolute Gasteiger partial charge is 0.327 e. The Morgan fingerprint density at radius 3 is 2.35 bits per heavy atom. The molecule has 40 heavy (non-hydrogen) atoms. The lowest BCUT2D eigenvalue weighted by molar-refractivity contribution is -0.118. The zero-order valence-electron chi connectivity index (χ0n) is 21.6. The molecule has 2 amide bonds. The molecule has 0 spiro atoms. The van der Waals surface area contributed by atoms with Gasteiger partial charge in [0.1, 0.15) is 11.6 Å². The number of nitrogens with zero attached hydrogens (tertiary/aromatic N) is 3. The third-order valence-electron chi connectivity index (χ3n) is 6.55. The summed E-state index contributed by atoms with van der Waals surface area (Å²) < 4.78 is 42.5. The second-order valence-corrected chi connectivity index (χ2v) is 9.64. The topological polar surface area (TPSA) is 93.2 Å². The van der Waals surface area contributed by atoms with E-state index in [1.54, 1.807) is 29.8 Å². The van der Waals surface area contributed by atoms with Crippen LogP contribution in [-0.2, 0) is 22.6 Å². The zero-order valence-corrected chi connectivity index (χ0v) is 21.6. The van der Waals surface area contributed by atoms with Crippen LogP contribution in [0.1, 0.15) is 17.7 Å². The van der Waals surface area contributed by atoms with Crippen molar-refractivity contribution in [3.63, 3.8) is 0 Å². The Balaban J connectivity index is 1.31. The number of amides is 2. The lowest BCUT2D eigenvalue weighted by Gasteiger charge is -2.27. The molecular weight excluding hydrogens is 519 g/mol. The fourth-order valence-corrected chi connectivity index (χ4v) is 4.58. The molecule has 2 heterocycles. The van der Waals surface area contributed by atoms with Crippen LogP contribution in [0.5, 0.6) is 0 Å². The second kappa shape index (κ2) is 11.2. The minimum atomic E-state index is -1.30.